The quantitative estimate of drug-likeness (QED) is 0.680. The molecule has 0 bridgehead atoms. The van der Waals surface area contributed by atoms with E-state index in [2.05, 4.69) is 10.2 Å². The van der Waals surface area contributed by atoms with E-state index >= 15 is 0 Å². The lowest BCUT2D eigenvalue weighted by Gasteiger charge is -2.00. The number of rotatable bonds is 4. The van der Waals surface area contributed by atoms with Crippen LogP contribution in [0, 0.1) is 6.92 Å². The van der Waals surface area contributed by atoms with Crippen molar-refractivity contribution >= 4 is 11.8 Å². The van der Waals surface area contributed by atoms with E-state index in [9.17, 15) is 0 Å². The van der Waals surface area contributed by atoms with Crippen molar-refractivity contribution in [3.8, 4) is 23.0 Å². The number of nitrogens with zero attached hydrogens (tertiary/aromatic N) is 2. The summed E-state index contributed by atoms with van der Waals surface area (Å²) < 4.78 is 21.5. The number of aryl methyl sites for hydroxylation is 1. The van der Waals surface area contributed by atoms with Gasteiger partial charge in [0.2, 0.25) is 6.79 Å². The van der Waals surface area contributed by atoms with E-state index in [0.717, 1.165) is 28.4 Å². The lowest BCUT2D eigenvalue weighted by molar-refractivity contribution is 0.174. The van der Waals surface area contributed by atoms with Crippen LogP contribution >= 0.6 is 11.8 Å². The van der Waals surface area contributed by atoms with Crippen LogP contribution in [0.3, 0.4) is 0 Å². The monoisotopic (exact) mass is 316 g/mol. The van der Waals surface area contributed by atoms with Gasteiger partial charge in [0, 0.05) is 5.75 Å². The lowest BCUT2D eigenvalue weighted by Crippen LogP contribution is -1.92. The van der Waals surface area contributed by atoms with Gasteiger partial charge >= 0.3 is 0 Å². The molecule has 0 saturated heterocycles. The van der Waals surface area contributed by atoms with Crippen molar-refractivity contribution in [1.82, 2.24) is 10.2 Å². The average Bonchev–Trinajstić information content (AvgIpc) is 3.24. The Kier molecular flexibility index (Phi) is 3.27. The summed E-state index contributed by atoms with van der Waals surface area (Å²) in [6, 6.07) is 7.69. The summed E-state index contributed by atoms with van der Waals surface area (Å²) in [6.45, 7) is 2.14. The summed E-state index contributed by atoms with van der Waals surface area (Å²) >= 11 is 1.48. The Hall–Kier alpha value is -2.41. The molecule has 2 aromatic heterocycles. The molecule has 1 aliphatic heterocycles. The van der Waals surface area contributed by atoms with Gasteiger partial charge in [-0.2, -0.15) is 0 Å². The molecule has 0 radical (unpaired) electrons. The SMILES string of the molecule is Cc1occc1-c1nnc(SCc2ccc3c(c2)OCO3)o1. The molecule has 3 heterocycles. The van der Waals surface area contributed by atoms with Crippen LogP contribution in [0.2, 0.25) is 0 Å². The van der Waals surface area contributed by atoms with Crippen LogP contribution in [0.25, 0.3) is 11.5 Å². The summed E-state index contributed by atoms with van der Waals surface area (Å²) in [6.07, 6.45) is 1.61. The van der Waals surface area contributed by atoms with Gasteiger partial charge in [-0.25, -0.2) is 0 Å². The van der Waals surface area contributed by atoms with Gasteiger partial charge in [0.1, 0.15) is 5.76 Å². The topological polar surface area (TPSA) is 70.5 Å². The molecule has 0 atom stereocenters. The summed E-state index contributed by atoms with van der Waals surface area (Å²) in [5.74, 6) is 3.50. The van der Waals surface area contributed by atoms with Gasteiger partial charge in [-0.05, 0) is 30.7 Å². The molecule has 0 fully saturated rings. The minimum Gasteiger partial charge on any atom is -0.469 e. The Morgan fingerprint density at radius 1 is 1.14 bits per heavy atom. The first kappa shape index (κ1) is 13.3. The first-order valence-corrected chi connectivity index (χ1v) is 7.67. The number of furan rings is 1. The number of hydrogen-bond donors (Lipinski definition) is 0. The molecular weight excluding hydrogens is 304 g/mol. The summed E-state index contributed by atoms with van der Waals surface area (Å²) in [4.78, 5) is 0. The fourth-order valence-electron chi connectivity index (χ4n) is 2.16. The van der Waals surface area contributed by atoms with Crippen LogP contribution in [0.15, 0.2) is 44.6 Å². The van der Waals surface area contributed by atoms with Gasteiger partial charge in [-0.3, -0.25) is 0 Å². The van der Waals surface area contributed by atoms with E-state index < -0.39 is 0 Å². The van der Waals surface area contributed by atoms with Gasteiger partial charge in [-0.15, -0.1) is 10.2 Å². The van der Waals surface area contributed by atoms with E-state index in [4.69, 9.17) is 18.3 Å². The Bertz CT molecular complexity index is 811. The third-order valence-corrected chi connectivity index (χ3v) is 4.18. The predicted molar refractivity (Wildman–Crippen MR) is 78.9 cm³/mol. The van der Waals surface area contributed by atoms with Gasteiger partial charge in [0.25, 0.3) is 11.1 Å². The molecule has 7 heteroatoms. The van der Waals surface area contributed by atoms with Gasteiger partial charge in [-0.1, -0.05) is 17.8 Å². The van der Waals surface area contributed by atoms with Crippen molar-refractivity contribution in [2.45, 2.75) is 17.9 Å². The highest BCUT2D eigenvalue weighted by Gasteiger charge is 2.15. The summed E-state index contributed by atoms with van der Waals surface area (Å²) in [7, 11) is 0. The van der Waals surface area contributed by atoms with Crippen LogP contribution in [-0.4, -0.2) is 17.0 Å². The Morgan fingerprint density at radius 2 is 2.05 bits per heavy atom. The van der Waals surface area contributed by atoms with Gasteiger partial charge in [0.15, 0.2) is 11.5 Å². The maximum Gasteiger partial charge on any atom is 0.277 e. The number of benzene rings is 1. The zero-order valence-corrected chi connectivity index (χ0v) is 12.6. The molecule has 1 aromatic carbocycles. The second-order valence-corrected chi connectivity index (χ2v) is 5.67. The third-order valence-electron chi connectivity index (χ3n) is 3.29. The van der Waals surface area contributed by atoms with Crippen molar-refractivity contribution < 1.29 is 18.3 Å². The zero-order chi connectivity index (χ0) is 14.9. The molecule has 0 unspecified atom stereocenters. The fraction of sp³-hybridized carbons (Fsp3) is 0.200. The normalized spacial score (nSPS) is 12.8. The second kappa shape index (κ2) is 5.42. The molecule has 6 nitrogen and oxygen atoms in total. The molecule has 3 aromatic rings. The highest BCUT2D eigenvalue weighted by atomic mass is 32.2. The first-order valence-electron chi connectivity index (χ1n) is 6.69. The standard InChI is InChI=1S/C15H12N2O4S/c1-9-11(4-5-18-9)14-16-17-15(21-14)22-7-10-2-3-12-13(6-10)20-8-19-12/h2-6H,7-8H2,1H3. The predicted octanol–water partition coefficient (Wildman–Crippen LogP) is 3.66. The molecule has 0 saturated carbocycles. The van der Waals surface area contributed by atoms with E-state index in [-0.39, 0.29) is 6.79 Å². The van der Waals surface area contributed by atoms with Gasteiger partial charge < -0.3 is 18.3 Å². The Balaban J connectivity index is 1.46. The molecule has 112 valence electrons. The zero-order valence-electron chi connectivity index (χ0n) is 11.7. The third kappa shape index (κ3) is 2.43. The van der Waals surface area contributed by atoms with Crippen LogP contribution in [0.1, 0.15) is 11.3 Å². The van der Waals surface area contributed by atoms with Crippen molar-refractivity contribution in [1.29, 1.82) is 0 Å². The molecule has 22 heavy (non-hydrogen) atoms. The van der Waals surface area contributed by atoms with Crippen molar-refractivity contribution in [2.24, 2.45) is 0 Å². The van der Waals surface area contributed by atoms with E-state index in [1.54, 1.807) is 6.26 Å². The van der Waals surface area contributed by atoms with E-state index in [1.807, 2.05) is 31.2 Å². The molecule has 4 rings (SSSR count). The largest absolute Gasteiger partial charge is 0.469 e. The number of hydrogen-bond acceptors (Lipinski definition) is 7. The molecular formula is C15H12N2O4S. The number of aromatic nitrogens is 2. The number of ether oxygens (including phenoxy) is 2. The molecule has 1 aliphatic rings. The maximum atomic E-state index is 5.65. The van der Waals surface area contributed by atoms with Crippen molar-refractivity contribution in [3.63, 3.8) is 0 Å². The second-order valence-electron chi connectivity index (χ2n) is 4.74. The van der Waals surface area contributed by atoms with Crippen molar-refractivity contribution in [2.75, 3.05) is 6.79 Å². The molecule has 0 N–H and O–H groups in total. The highest BCUT2D eigenvalue weighted by molar-refractivity contribution is 7.98. The number of fused-ring (bicyclic) bond motifs is 1. The van der Waals surface area contributed by atoms with Crippen LogP contribution in [-0.2, 0) is 5.75 Å². The van der Waals surface area contributed by atoms with E-state index in [1.165, 1.54) is 11.8 Å². The first-order chi connectivity index (χ1) is 10.8. The lowest BCUT2D eigenvalue weighted by atomic mass is 10.2. The Morgan fingerprint density at radius 3 is 2.91 bits per heavy atom. The van der Waals surface area contributed by atoms with Crippen LogP contribution < -0.4 is 9.47 Å². The van der Waals surface area contributed by atoms with Crippen LogP contribution in [0.5, 0.6) is 11.5 Å². The molecule has 0 aliphatic carbocycles. The minimum atomic E-state index is 0.281. The summed E-state index contributed by atoms with van der Waals surface area (Å²) in [5.41, 5.74) is 1.93. The Labute approximate surface area is 130 Å². The summed E-state index contributed by atoms with van der Waals surface area (Å²) in [5, 5.41) is 8.62. The maximum absolute atomic E-state index is 5.65. The van der Waals surface area contributed by atoms with Crippen LogP contribution in [0.4, 0.5) is 0 Å². The molecule has 0 spiro atoms. The van der Waals surface area contributed by atoms with Crippen molar-refractivity contribution in [3.05, 3.63) is 41.9 Å². The molecule has 0 amide bonds. The minimum absolute atomic E-state index is 0.281. The van der Waals surface area contributed by atoms with E-state index in [0.29, 0.717) is 16.9 Å². The van der Waals surface area contributed by atoms with Gasteiger partial charge in [0.05, 0.1) is 11.8 Å². The fourth-order valence-corrected chi connectivity index (χ4v) is 2.87. The number of thioether (sulfide) groups is 1. The smallest absolute Gasteiger partial charge is 0.277 e. The average molecular weight is 316 g/mol. The highest BCUT2D eigenvalue weighted by Crippen LogP contribution is 2.34.